The molecule has 0 saturated carbocycles. The predicted octanol–water partition coefficient (Wildman–Crippen LogP) is 3.50. The van der Waals surface area contributed by atoms with Crippen LogP contribution in [0.3, 0.4) is 0 Å². The lowest BCUT2D eigenvalue weighted by atomic mass is 10.1. The number of carboxylic acid groups (broad SMARTS) is 1. The predicted molar refractivity (Wildman–Crippen MR) is 104 cm³/mol. The molecule has 2 aromatic carbocycles. The number of carboxylic acids is 1. The van der Waals surface area contributed by atoms with E-state index in [1.54, 1.807) is 4.52 Å². The Hall–Kier alpha value is -3.67. The van der Waals surface area contributed by atoms with Gasteiger partial charge in [-0.15, -0.1) is 0 Å². The number of carbonyl (C=O) groups is 1. The van der Waals surface area contributed by atoms with Gasteiger partial charge in [0.1, 0.15) is 17.9 Å². The van der Waals surface area contributed by atoms with Crippen molar-refractivity contribution in [1.29, 1.82) is 0 Å². The molecule has 1 unspecified atom stereocenters. The minimum absolute atomic E-state index is 0.355. The number of fused-ring (bicyclic) bond motifs is 1. The number of anilines is 1. The Balaban J connectivity index is 1.72. The van der Waals surface area contributed by atoms with E-state index in [1.807, 2.05) is 72.9 Å². The fraction of sp³-hybridized carbons (Fsp3) is 0.0952. The van der Waals surface area contributed by atoms with Crippen molar-refractivity contribution in [2.45, 2.75) is 12.5 Å². The molecule has 0 aliphatic carbocycles. The quantitative estimate of drug-likeness (QED) is 0.551. The van der Waals surface area contributed by atoms with Gasteiger partial charge < -0.3 is 10.4 Å². The molecule has 1 atom stereocenters. The molecule has 6 heteroatoms. The molecule has 0 aliphatic rings. The van der Waals surface area contributed by atoms with Crippen LogP contribution < -0.4 is 5.32 Å². The van der Waals surface area contributed by atoms with Crippen LogP contribution >= 0.6 is 0 Å². The van der Waals surface area contributed by atoms with Crippen LogP contribution in [-0.2, 0) is 11.2 Å². The summed E-state index contributed by atoms with van der Waals surface area (Å²) in [6, 6.07) is 20.6. The van der Waals surface area contributed by atoms with E-state index in [0.29, 0.717) is 12.2 Å². The normalized spacial score (nSPS) is 12.0. The molecule has 134 valence electrons. The number of hydrogen-bond donors (Lipinski definition) is 2. The maximum Gasteiger partial charge on any atom is 0.326 e. The molecule has 0 saturated heterocycles. The lowest BCUT2D eigenvalue weighted by Crippen LogP contribution is -2.32. The average molecular weight is 358 g/mol. The summed E-state index contributed by atoms with van der Waals surface area (Å²) in [5.41, 5.74) is 3.67. The second-order valence-corrected chi connectivity index (χ2v) is 6.22. The van der Waals surface area contributed by atoms with Crippen molar-refractivity contribution >= 4 is 17.3 Å². The minimum Gasteiger partial charge on any atom is -0.480 e. The third-order valence-electron chi connectivity index (χ3n) is 4.43. The Kier molecular flexibility index (Phi) is 4.53. The van der Waals surface area contributed by atoms with Gasteiger partial charge in [-0.3, -0.25) is 0 Å². The number of nitrogens with one attached hydrogen (secondary N) is 1. The molecular weight excluding hydrogens is 340 g/mol. The van der Waals surface area contributed by atoms with Gasteiger partial charge in [-0.05, 0) is 17.2 Å². The Morgan fingerprint density at radius 3 is 2.44 bits per heavy atom. The van der Waals surface area contributed by atoms with Gasteiger partial charge in [0.15, 0.2) is 5.82 Å². The fourth-order valence-electron chi connectivity index (χ4n) is 3.13. The van der Waals surface area contributed by atoms with Crippen LogP contribution in [0.15, 0.2) is 79.3 Å². The highest BCUT2D eigenvalue weighted by molar-refractivity contribution is 5.90. The summed E-state index contributed by atoms with van der Waals surface area (Å²) in [6.45, 7) is 0. The molecule has 4 aromatic rings. The van der Waals surface area contributed by atoms with Crippen LogP contribution in [0.1, 0.15) is 5.56 Å². The van der Waals surface area contributed by atoms with Crippen LogP contribution in [0.2, 0.25) is 0 Å². The van der Waals surface area contributed by atoms with Crippen molar-refractivity contribution in [3.8, 4) is 11.1 Å². The first-order valence-corrected chi connectivity index (χ1v) is 8.63. The Labute approximate surface area is 156 Å². The molecule has 6 nitrogen and oxygen atoms in total. The van der Waals surface area contributed by atoms with Crippen molar-refractivity contribution in [3.63, 3.8) is 0 Å². The molecule has 2 aromatic heterocycles. The van der Waals surface area contributed by atoms with E-state index < -0.39 is 12.0 Å². The van der Waals surface area contributed by atoms with E-state index >= 15 is 0 Å². The van der Waals surface area contributed by atoms with E-state index in [9.17, 15) is 9.90 Å². The molecule has 0 spiro atoms. The molecule has 0 fully saturated rings. The van der Waals surface area contributed by atoms with Crippen molar-refractivity contribution in [3.05, 3.63) is 84.8 Å². The fourth-order valence-corrected chi connectivity index (χ4v) is 3.13. The summed E-state index contributed by atoms with van der Waals surface area (Å²) in [5.74, 6) is -0.430. The van der Waals surface area contributed by atoms with Gasteiger partial charge in [-0.2, -0.15) is 5.10 Å². The number of aliphatic carboxylic acids is 1. The molecule has 0 aliphatic heterocycles. The number of hydrogen-bond acceptors (Lipinski definition) is 4. The van der Waals surface area contributed by atoms with E-state index in [-0.39, 0.29) is 0 Å². The van der Waals surface area contributed by atoms with Crippen LogP contribution in [0.25, 0.3) is 16.6 Å². The molecular formula is C21H18N4O2. The van der Waals surface area contributed by atoms with Crippen LogP contribution in [-0.4, -0.2) is 31.7 Å². The molecule has 0 amide bonds. The minimum atomic E-state index is -0.927. The second kappa shape index (κ2) is 7.29. The summed E-state index contributed by atoms with van der Waals surface area (Å²) in [6.07, 6.45) is 3.62. The monoisotopic (exact) mass is 358 g/mol. The summed E-state index contributed by atoms with van der Waals surface area (Å²) in [5, 5.41) is 17.0. The van der Waals surface area contributed by atoms with Gasteiger partial charge in [0.2, 0.25) is 0 Å². The van der Waals surface area contributed by atoms with E-state index in [1.165, 1.54) is 6.33 Å². The lowest BCUT2D eigenvalue weighted by molar-refractivity contribution is -0.137. The van der Waals surface area contributed by atoms with Crippen LogP contribution in [0.5, 0.6) is 0 Å². The zero-order valence-corrected chi connectivity index (χ0v) is 14.5. The largest absolute Gasteiger partial charge is 0.480 e. The SMILES string of the molecule is O=C(O)C(Cc1ccccc1)Nc1ncnn2ccc(-c3ccccc3)c12. The molecule has 27 heavy (non-hydrogen) atoms. The summed E-state index contributed by atoms with van der Waals surface area (Å²) < 4.78 is 1.71. The topological polar surface area (TPSA) is 79.5 Å². The van der Waals surface area contributed by atoms with Gasteiger partial charge in [-0.1, -0.05) is 60.7 Å². The number of aromatic nitrogens is 3. The zero-order valence-electron chi connectivity index (χ0n) is 14.5. The van der Waals surface area contributed by atoms with E-state index in [0.717, 1.165) is 22.2 Å². The molecule has 2 N–H and O–H groups in total. The molecule has 4 rings (SSSR count). The van der Waals surface area contributed by atoms with Crippen molar-refractivity contribution in [2.75, 3.05) is 5.32 Å². The van der Waals surface area contributed by atoms with Crippen molar-refractivity contribution in [2.24, 2.45) is 0 Å². The Morgan fingerprint density at radius 2 is 1.74 bits per heavy atom. The molecule has 0 bridgehead atoms. The Morgan fingerprint density at radius 1 is 1.04 bits per heavy atom. The van der Waals surface area contributed by atoms with Crippen LogP contribution in [0.4, 0.5) is 5.82 Å². The lowest BCUT2D eigenvalue weighted by Gasteiger charge is -2.16. The highest BCUT2D eigenvalue weighted by atomic mass is 16.4. The van der Waals surface area contributed by atoms with Gasteiger partial charge in [0.05, 0.1) is 0 Å². The molecule has 0 radical (unpaired) electrons. The van der Waals surface area contributed by atoms with Gasteiger partial charge >= 0.3 is 5.97 Å². The molecule has 2 heterocycles. The highest BCUT2D eigenvalue weighted by Gasteiger charge is 2.21. The highest BCUT2D eigenvalue weighted by Crippen LogP contribution is 2.29. The first-order valence-electron chi connectivity index (χ1n) is 8.63. The van der Waals surface area contributed by atoms with Gasteiger partial charge in [-0.25, -0.2) is 14.3 Å². The van der Waals surface area contributed by atoms with Crippen LogP contribution in [0, 0.1) is 0 Å². The first-order chi connectivity index (χ1) is 13.2. The van der Waals surface area contributed by atoms with Crippen molar-refractivity contribution < 1.29 is 9.90 Å². The maximum absolute atomic E-state index is 11.8. The number of rotatable bonds is 6. The average Bonchev–Trinajstić information content (AvgIpc) is 3.14. The third kappa shape index (κ3) is 3.50. The van der Waals surface area contributed by atoms with E-state index in [4.69, 9.17) is 0 Å². The zero-order chi connectivity index (χ0) is 18.6. The summed E-state index contributed by atoms with van der Waals surface area (Å²) >= 11 is 0. The van der Waals surface area contributed by atoms with Gasteiger partial charge in [0.25, 0.3) is 0 Å². The number of nitrogens with zero attached hydrogens (tertiary/aromatic N) is 3. The third-order valence-corrected chi connectivity index (χ3v) is 4.43. The number of benzene rings is 2. The maximum atomic E-state index is 11.8. The van der Waals surface area contributed by atoms with Gasteiger partial charge in [0, 0.05) is 18.2 Å². The van der Waals surface area contributed by atoms with Crippen molar-refractivity contribution in [1.82, 2.24) is 14.6 Å². The standard InChI is InChI=1S/C21H18N4O2/c26-21(27)18(13-15-7-3-1-4-8-15)24-20-19-17(16-9-5-2-6-10-16)11-12-25(19)23-14-22-20/h1-12,14,18H,13H2,(H,26,27)(H,22,23,24). The first kappa shape index (κ1) is 16.8. The summed E-state index contributed by atoms with van der Waals surface area (Å²) in [7, 11) is 0. The summed E-state index contributed by atoms with van der Waals surface area (Å²) in [4.78, 5) is 16.1. The second-order valence-electron chi connectivity index (χ2n) is 6.22. The Bertz CT molecular complexity index is 1060. The van der Waals surface area contributed by atoms with E-state index in [2.05, 4.69) is 15.4 Å². The smallest absolute Gasteiger partial charge is 0.326 e.